The summed E-state index contributed by atoms with van der Waals surface area (Å²) in [5.74, 6) is -0.531. The molecule has 0 bridgehead atoms. The molecular formula is C17H23NO5. The third-order valence-corrected chi connectivity index (χ3v) is 3.40. The van der Waals surface area contributed by atoms with Crippen LogP contribution in [0.4, 0.5) is 4.79 Å². The summed E-state index contributed by atoms with van der Waals surface area (Å²) < 4.78 is 10.6. The third kappa shape index (κ3) is 4.96. The first-order chi connectivity index (χ1) is 10.8. The van der Waals surface area contributed by atoms with Gasteiger partial charge in [-0.2, -0.15) is 0 Å². The van der Waals surface area contributed by atoms with Gasteiger partial charge in [0.15, 0.2) is 0 Å². The van der Waals surface area contributed by atoms with Crippen LogP contribution >= 0.6 is 0 Å². The smallest absolute Gasteiger partial charge is 0.411 e. The van der Waals surface area contributed by atoms with Crippen molar-refractivity contribution in [3.05, 3.63) is 35.9 Å². The molecule has 0 unspecified atom stereocenters. The lowest BCUT2D eigenvalue weighted by Gasteiger charge is -2.27. The van der Waals surface area contributed by atoms with E-state index in [1.165, 1.54) is 4.90 Å². The van der Waals surface area contributed by atoms with Gasteiger partial charge in [-0.25, -0.2) is 9.59 Å². The Labute approximate surface area is 136 Å². The number of likely N-dealkylation sites (tertiary alicyclic amines) is 1. The number of nitrogens with zero attached hydrogens (tertiary/aromatic N) is 1. The monoisotopic (exact) mass is 321 g/mol. The molecule has 0 spiro atoms. The molecule has 2 atom stereocenters. The molecule has 2 rings (SSSR count). The predicted octanol–water partition coefficient (Wildman–Crippen LogP) is 2.10. The molecular weight excluding hydrogens is 298 g/mol. The molecule has 1 aliphatic rings. The van der Waals surface area contributed by atoms with E-state index in [0.29, 0.717) is 0 Å². The Morgan fingerprint density at radius 3 is 2.52 bits per heavy atom. The standard InChI is InChI=1S/C17H23NO5/c1-17(2,3)23-16(21)18-10-13(19)9-14(18)15(20)22-11-12-7-5-4-6-8-12/h4-8,13-14,19H,9-11H2,1-3H3/t13-,14+/m0/s1. The van der Waals surface area contributed by atoms with Crippen LogP contribution in [0.25, 0.3) is 0 Å². The van der Waals surface area contributed by atoms with Gasteiger partial charge in [0.05, 0.1) is 12.6 Å². The molecule has 6 nitrogen and oxygen atoms in total. The molecule has 1 heterocycles. The SMILES string of the molecule is CC(C)(C)OC(=O)N1C[C@@H](O)C[C@@H]1C(=O)OCc1ccccc1. The second-order valence-electron chi connectivity index (χ2n) is 6.63. The Kier molecular flexibility index (Phi) is 5.26. The highest BCUT2D eigenvalue weighted by Gasteiger charge is 2.41. The zero-order valence-corrected chi connectivity index (χ0v) is 13.7. The Morgan fingerprint density at radius 1 is 1.26 bits per heavy atom. The summed E-state index contributed by atoms with van der Waals surface area (Å²) in [6, 6.07) is 8.47. The third-order valence-electron chi connectivity index (χ3n) is 3.40. The maximum atomic E-state index is 12.3. The van der Waals surface area contributed by atoms with Crippen LogP contribution in [0, 0.1) is 0 Å². The average molecular weight is 321 g/mol. The molecule has 1 saturated heterocycles. The van der Waals surface area contributed by atoms with Gasteiger partial charge in [-0.05, 0) is 26.3 Å². The van der Waals surface area contributed by atoms with E-state index in [-0.39, 0.29) is 19.6 Å². The molecule has 0 aliphatic carbocycles. The van der Waals surface area contributed by atoms with Gasteiger partial charge in [-0.1, -0.05) is 30.3 Å². The fourth-order valence-electron chi connectivity index (χ4n) is 2.38. The lowest BCUT2D eigenvalue weighted by Crippen LogP contribution is -2.44. The van der Waals surface area contributed by atoms with Crippen molar-refractivity contribution in [1.82, 2.24) is 4.90 Å². The van der Waals surface area contributed by atoms with E-state index in [2.05, 4.69) is 0 Å². The lowest BCUT2D eigenvalue weighted by molar-refractivity contribution is -0.150. The molecule has 1 fully saturated rings. The topological polar surface area (TPSA) is 76.1 Å². The van der Waals surface area contributed by atoms with Crippen LogP contribution in [-0.4, -0.2) is 46.4 Å². The summed E-state index contributed by atoms with van der Waals surface area (Å²) in [7, 11) is 0. The van der Waals surface area contributed by atoms with Crippen molar-refractivity contribution in [2.75, 3.05) is 6.54 Å². The number of carbonyl (C=O) groups excluding carboxylic acids is 2. The Balaban J connectivity index is 1.98. The minimum Gasteiger partial charge on any atom is -0.459 e. The van der Waals surface area contributed by atoms with Crippen LogP contribution in [0.15, 0.2) is 30.3 Å². The van der Waals surface area contributed by atoms with Crippen LogP contribution in [0.2, 0.25) is 0 Å². The van der Waals surface area contributed by atoms with Crippen LogP contribution < -0.4 is 0 Å². The lowest BCUT2D eigenvalue weighted by atomic mass is 10.2. The Hall–Kier alpha value is -2.08. The number of esters is 1. The minimum absolute atomic E-state index is 0.0695. The van der Waals surface area contributed by atoms with Crippen molar-refractivity contribution in [2.24, 2.45) is 0 Å². The first-order valence-corrected chi connectivity index (χ1v) is 7.64. The number of benzene rings is 1. The number of hydrogen-bond donors (Lipinski definition) is 1. The number of β-amino-alcohol motifs (C(OH)–C–C–N with tert-alkyl or cyclic N) is 1. The largest absolute Gasteiger partial charge is 0.459 e. The van der Waals surface area contributed by atoms with E-state index in [1.54, 1.807) is 20.8 Å². The van der Waals surface area contributed by atoms with Crippen molar-refractivity contribution in [2.45, 2.75) is 51.5 Å². The average Bonchev–Trinajstić information content (AvgIpc) is 2.86. The van der Waals surface area contributed by atoms with Crippen LogP contribution in [-0.2, 0) is 20.9 Å². The summed E-state index contributed by atoms with van der Waals surface area (Å²) in [6.07, 6.45) is -1.21. The number of rotatable bonds is 3. The van der Waals surface area contributed by atoms with E-state index >= 15 is 0 Å². The normalized spacial score (nSPS) is 21.1. The molecule has 0 saturated carbocycles. The van der Waals surface area contributed by atoms with E-state index in [0.717, 1.165) is 5.56 Å². The quantitative estimate of drug-likeness (QED) is 0.863. The minimum atomic E-state index is -0.816. The molecule has 6 heteroatoms. The van der Waals surface area contributed by atoms with Gasteiger partial charge in [0.1, 0.15) is 18.2 Å². The number of aliphatic hydroxyl groups is 1. The summed E-state index contributed by atoms with van der Waals surface area (Å²) in [6.45, 7) is 5.45. The molecule has 1 amide bonds. The zero-order valence-electron chi connectivity index (χ0n) is 13.7. The highest BCUT2D eigenvalue weighted by Crippen LogP contribution is 2.22. The molecule has 1 aliphatic heterocycles. The molecule has 1 aromatic carbocycles. The van der Waals surface area contributed by atoms with Crippen molar-refractivity contribution in [1.29, 1.82) is 0 Å². The van der Waals surface area contributed by atoms with E-state index in [4.69, 9.17) is 9.47 Å². The van der Waals surface area contributed by atoms with Crippen LogP contribution in [0.3, 0.4) is 0 Å². The Bertz CT molecular complexity index is 552. The van der Waals surface area contributed by atoms with E-state index in [1.807, 2.05) is 30.3 Å². The van der Waals surface area contributed by atoms with Crippen molar-refractivity contribution >= 4 is 12.1 Å². The van der Waals surface area contributed by atoms with Crippen LogP contribution in [0.5, 0.6) is 0 Å². The van der Waals surface area contributed by atoms with Gasteiger partial charge >= 0.3 is 12.1 Å². The fraction of sp³-hybridized carbons (Fsp3) is 0.529. The summed E-state index contributed by atoms with van der Waals surface area (Å²) >= 11 is 0. The van der Waals surface area contributed by atoms with Crippen molar-refractivity contribution < 1.29 is 24.2 Å². The van der Waals surface area contributed by atoms with Gasteiger partial charge in [0.2, 0.25) is 0 Å². The predicted molar refractivity (Wildman–Crippen MR) is 83.6 cm³/mol. The highest BCUT2D eigenvalue weighted by atomic mass is 16.6. The second kappa shape index (κ2) is 7.00. The molecule has 126 valence electrons. The first kappa shape index (κ1) is 17.3. The maximum Gasteiger partial charge on any atom is 0.411 e. The van der Waals surface area contributed by atoms with E-state index < -0.39 is 29.8 Å². The summed E-state index contributed by atoms with van der Waals surface area (Å²) in [4.78, 5) is 25.7. The zero-order chi connectivity index (χ0) is 17.0. The van der Waals surface area contributed by atoms with E-state index in [9.17, 15) is 14.7 Å². The summed E-state index contributed by atoms with van der Waals surface area (Å²) in [5.41, 5.74) is 0.201. The Morgan fingerprint density at radius 2 is 1.91 bits per heavy atom. The number of aliphatic hydroxyl groups excluding tert-OH is 1. The number of amides is 1. The summed E-state index contributed by atoms with van der Waals surface area (Å²) in [5, 5.41) is 9.79. The van der Waals surface area contributed by atoms with Crippen molar-refractivity contribution in [3.8, 4) is 0 Å². The molecule has 1 aromatic rings. The highest BCUT2D eigenvalue weighted by molar-refractivity contribution is 5.82. The first-order valence-electron chi connectivity index (χ1n) is 7.64. The number of ether oxygens (including phenoxy) is 2. The molecule has 1 N–H and O–H groups in total. The number of carbonyl (C=O) groups is 2. The fourth-order valence-corrected chi connectivity index (χ4v) is 2.38. The van der Waals surface area contributed by atoms with Gasteiger partial charge in [-0.15, -0.1) is 0 Å². The van der Waals surface area contributed by atoms with Crippen molar-refractivity contribution in [3.63, 3.8) is 0 Å². The molecule has 0 aromatic heterocycles. The maximum absolute atomic E-state index is 12.3. The number of hydrogen-bond acceptors (Lipinski definition) is 5. The molecule has 0 radical (unpaired) electrons. The van der Waals surface area contributed by atoms with Gasteiger partial charge < -0.3 is 14.6 Å². The van der Waals surface area contributed by atoms with Gasteiger partial charge in [0.25, 0.3) is 0 Å². The van der Waals surface area contributed by atoms with Gasteiger partial charge in [-0.3, -0.25) is 4.90 Å². The van der Waals surface area contributed by atoms with Gasteiger partial charge in [0, 0.05) is 6.42 Å². The molecule has 23 heavy (non-hydrogen) atoms. The second-order valence-corrected chi connectivity index (χ2v) is 6.63. The van der Waals surface area contributed by atoms with Crippen LogP contribution in [0.1, 0.15) is 32.8 Å².